The number of likely N-dealkylation sites (tertiary alicyclic amines) is 1. The highest BCUT2D eigenvalue weighted by Crippen LogP contribution is 2.26. The van der Waals surface area contributed by atoms with E-state index in [1.54, 1.807) is 6.92 Å². The molecule has 0 unspecified atom stereocenters. The third-order valence-electron chi connectivity index (χ3n) is 6.06. The Morgan fingerprint density at radius 1 is 0.846 bits per heavy atom. The maximum absolute atomic E-state index is 12.5. The van der Waals surface area contributed by atoms with Gasteiger partial charge in [-0.2, -0.15) is 0 Å². The molecule has 3 amide bonds. The Hall–Kier alpha value is -1.63. The maximum Gasteiger partial charge on any atom is 0.234 e. The minimum absolute atomic E-state index is 0.0573. The molecule has 1 aliphatic carbocycles. The molecular formula is C19H32N4O3. The fourth-order valence-electron chi connectivity index (χ4n) is 4.37. The first-order valence-electron chi connectivity index (χ1n) is 10.1. The molecule has 3 rings (SSSR count). The normalized spacial score (nSPS) is 23.3. The van der Waals surface area contributed by atoms with Crippen molar-refractivity contribution in [3.8, 4) is 0 Å². The van der Waals surface area contributed by atoms with Crippen molar-refractivity contribution >= 4 is 17.7 Å². The average Bonchev–Trinajstić information content (AvgIpc) is 3.17. The van der Waals surface area contributed by atoms with Crippen molar-refractivity contribution in [2.24, 2.45) is 5.92 Å². The molecule has 0 spiro atoms. The lowest BCUT2D eigenvalue weighted by molar-refractivity contribution is -0.137. The summed E-state index contributed by atoms with van der Waals surface area (Å²) in [5.74, 6) is 0.733. The van der Waals surface area contributed by atoms with Crippen LogP contribution in [-0.4, -0.2) is 84.3 Å². The van der Waals surface area contributed by atoms with E-state index in [0.29, 0.717) is 12.5 Å². The molecule has 0 aromatic carbocycles. The summed E-state index contributed by atoms with van der Waals surface area (Å²) in [6, 6.07) is 0.170. The van der Waals surface area contributed by atoms with Gasteiger partial charge in [-0.25, -0.2) is 0 Å². The molecular weight excluding hydrogens is 332 g/mol. The van der Waals surface area contributed by atoms with Gasteiger partial charge in [-0.1, -0.05) is 12.8 Å². The number of carbonyl (C=O) groups excluding carboxylic acids is 3. The molecule has 0 aromatic heterocycles. The molecule has 7 heteroatoms. The lowest BCUT2D eigenvalue weighted by Crippen LogP contribution is -2.53. The monoisotopic (exact) mass is 364 g/mol. The zero-order chi connectivity index (χ0) is 18.5. The van der Waals surface area contributed by atoms with E-state index in [-0.39, 0.29) is 23.8 Å². The summed E-state index contributed by atoms with van der Waals surface area (Å²) >= 11 is 0. The van der Waals surface area contributed by atoms with Gasteiger partial charge in [0.2, 0.25) is 17.7 Å². The average molecular weight is 364 g/mol. The summed E-state index contributed by atoms with van der Waals surface area (Å²) < 4.78 is 0. The number of hydrogen-bond donors (Lipinski definition) is 1. The zero-order valence-electron chi connectivity index (χ0n) is 15.9. The van der Waals surface area contributed by atoms with E-state index in [4.69, 9.17) is 0 Å². The molecule has 2 aliphatic heterocycles. The van der Waals surface area contributed by atoms with Crippen LogP contribution in [0.15, 0.2) is 0 Å². The van der Waals surface area contributed by atoms with Gasteiger partial charge >= 0.3 is 0 Å². The highest BCUT2D eigenvalue weighted by Gasteiger charge is 2.30. The van der Waals surface area contributed by atoms with Crippen LogP contribution in [0.5, 0.6) is 0 Å². The summed E-state index contributed by atoms with van der Waals surface area (Å²) in [5.41, 5.74) is 0. The molecule has 0 aromatic rings. The van der Waals surface area contributed by atoms with Crippen LogP contribution in [0, 0.1) is 5.92 Å². The summed E-state index contributed by atoms with van der Waals surface area (Å²) in [4.78, 5) is 42.1. The lowest BCUT2D eigenvalue weighted by atomic mass is 10.0. The number of nitrogens with one attached hydrogen (secondary N) is 1. The van der Waals surface area contributed by atoms with E-state index in [9.17, 15) is 14.4 Å². The van der Waals surface area contributed by atoms with Crippen LogP contribution in [-0.2, 0) is 14.4 Å². The molecule has 0 radical (unpaired) electrons. The van der Waals surface area contributed by atoms with Crippen molar-refractivity contribution in [1.82, 2.24) is 20.0 Å². The van der Waals surface area contributed by atoms with Crippen molar-refractivity contribution in [2.45, 2.75) is 51.5 Å². The molecule has 1 saturated carbocycles. The van der Waals surface area contributed by atoms with Gasteiger partial charge in [0.25, 0.3) is 0 Å². The molecule has 2 heterocycles. The van der Waals surface area contributed by atoms with Crippen LogP contribution >= 0.6 is 0 Å². The third-order valence-corrected chi connectivity index (χ3v) is 6.06. The number of piperidine rings is 1. The van der Waals surface area contributed by atoms with E-state index in [1.165, 1.54) is 12.8 Å². The molecule has 0 bridgehead atoms. The van der Waals surface area contributed by atoms with Crippen LogP contribution in [0.3, 0.4) is 0 Å². The Labute approximate surface area is 156 Å². The van der Waals surface area contributed by atoms with Gasteiger partial charge in [0.15, 0.2) is 0 Å². The van der Waals surface area contributed by atoms with Crippen LogP contribution in [0.2, 0.25) is 0 Å². The summed E-state index contributed by atoms with van der Waals surface area (Å²) in [5, 5.41) is 3.11. The number of amides is 3. The van der Waals surface area contributed by atoms with Gasteiger partial charge in [0, 0.05) is 58.2 Å². The van der Waals surface area contributed by atoms with Gasteiger partial charge in [0.1, 0.15) is 0 Å². The fourth-order valence-corrected chi connectivity index (χ4v) is 4.37. The van der Waals surface area contributed by atoms with E-state index in [0.717, 1.165) is 65.0 Å². The Balaban J connectivity index is 1.34. The van der Waals surface area contributed by atoms with Crippen LogP contribution in [0.4, 0.5) is 0 Å². The second kappa shape index (κ2) is 8.84. The first kappa shape index (κ1) is 19.1. The Bertz CT molecular complexity index is 517. The van der Waals surface area contributed by atoms with E-state index < -0.39 is 0 Å². The second-order valence-electron chi connectivity index (χ2n) is 7.93. The highest BCUT2D eigenvalue weighted by molar-refractivity contribution is 5.80. The largest absolute Gasteiger partial charge is 0.352 e. The molecule has 7 nitrogen and oxygen atoms in total. The minimum Gasteiger partial charge on any atom is -0.352 e. The number of carbonyl (C=O) groups is 3. The van der Waals surface area contributed by atoms with Crippen molar-refractivity contribution in [3.63, 3.8) is 0 Å². The third kappa shape index (κ3) is 4.96. The quantitative estimate of drug-likeness (QED) is 0.786. The fraction of sp³-hybridized carbons (Fsp3) is 0.842. The molecule has 146 valence electrons. The highest BCUT2D eigenvalue weighted by atomic mass is 16.2. The van der Waals surface area contributed by atoms with Crippen LogP contribution in [0.25, 0.3) is 0 Å². The second-order valence-corrected chi connectivity index (χ2v) is 7.93. The standard InChI is InChI=1S/C19H32N4O3/c1-15(24)22-8-6-17(7-9-22)20-18(25)14-21-10-12-23(13-11-21)19(26)16-4-2-3-5-16/h16-17H,2-14H2,1H3,(H,20,25). The molecule has 3 aliphatic rings. The summed E-state index contributed by atoms with van der Waals surface area (Å²) in [6.45, 7) is 6.46. The molecule has 1 N–H and O–H groups in total. The summed E-state index contributed by atoms with van der Waals surface area (Å²) in [6.07, 6.45) is 6.11. The predicted octanol–water partition coefficient (Wildman–Crippen LogP) is 0.448. The smallest absolute Gasteiger partial charge is 0.234 e. The van der Waals surface area contributed by atoms with Crippen LogP contribution in [0.1, 0.15) is 45.4 Å². The SMILES string of the molecule is CC(=O)N1CCC(NC(=O)CN2CCN(C(=O)C3CCCC3)CC2)CC1. The molecule has 26 heavy (non-hydrogen) atoms. The number of piperazine rings is 1. The van der Waals surface area contributed by atoms with Crippen molar-refractivity contribution in [3.05, 3.63) is 0 Å². The Morgan fingerprint density at radius 3 is 2.04 bits per heavy atom. The van der Waals surface area contributed by atoms with E-state index in [1.807, 2.05) is 9.80 Å². The van der Waals surface area contributed by atoms with Crippen molar-refractivity contribution in [1.29, 1.82) is 0 Å². The first-order valence-corrected chi connectivity index (χ1v) is 10.1. The first-order chi connectivity index (χ1) is 12.5. The number of hydrogen-bond acceptors (Lipinski definition) is 4. The minimum atomic E-state index is 0.0573. The molecule has 2 saturated heterocycles. The van der Waals surface area contributed by atoms with Crippen LogP contribution < -0.4 is 5.32 Å². The van der Waals surface area contributed by atoms with E-state index in [2.05, 4.69) is 10.2 Å². The Morgan fingerprint density at radius 2 is 1.46 bits per heavy atom. The molecule has 0 atom stereocenters. The predicted molar refractivity (Wildman–Crippen MR) is 98.4 cm³/mol. The van der Waals surface area contributed by atoms with Crippen molar-refractivity contribution < 1.29 is 14.4 Å². The van der Waals surface area contributed by atoms with Gasteiger partial charge in [-0.05, 0) is 25.7 Å². The molecule has 3 fully saturated rings. The number of rotatable bonds is 4. The number of nitrogens with zero attached hydrogens (tertiary/aromatic N) is 3. The topological polar surface area (TPSA) is 73.0 Å². The van der Waals surface area contributed by atoms with E-state index >= 15 is 0 Å². The van der Waals surface area contributed by atoms with Gasteiger partial charge in [0.05, 0.1) is 6.54 Å². The maximum atomic E-state index is 12.5. The Kier molecular flexibility index (Phi) is 6.51. The van der Waals surface area contributed by atoms with Crippen molar-refractivity contribution in [2.75, 3.05) is 45.8 Å². The van der Waals surface area contributed by atoms with Gasteiger partial charge < -0.3 is 15.1 Å². The van der Waals surface area contributed by atoms with Gasteiger partial charge in [-0.15, -0.1) is 0 Å². The van der Waals surface area contributed by atoms with Gasteiger partial charge in [-0.3, -0.25) is 19.3 Å². The summed E-state index contributed by atoms with van der Waals surface area (Å²) in [7, 11) is 0. The lowest BCUT2D eigenvalue weighted by Gasteiger charge is -2.36. The zero-order valence-corrected chi connectivity index (χ0v) is 15.9.